The summed E-state index contributed by atoms with van der Waals surface area (Å²) in [6.07, 6.45) is 4.43. The first-order chi connectivity index (χ1) is 4.35. The Bertz CT molecular complexity index is 108. The summed E-state index contributed by atoms with van der Waals surface area (Å²) in [5.41, 5.74) is 0.806. The lowest BCUT2D eigenvalue weighted by Crippen LogP contribution is -2.60. The summed E-state index contributed by atoms with van der Waals surface area (Å²) in [6.45, 7) is 4.93. The molecule has 1 spiro atoms. The molecule has 2 aliphatic rings. The highest BCUT2D eigenvalue weighted by Gasteiger charge is 2.47. The van der Waals surface area contributed by atoms with Crippen molar-refractivity contribution >= 4 is 0 Å². The molecule has 1 heterocycles. The molecule has 1 aliphatic heterocycles. The van der Waals surface area contributed by atoms with Crippen LogP contribution in [0.1, 0.15) is 26.2 Å². The monoisotopic (exact) mass is 125 g/mol. The smallest absolute Gasteiger partial charge is 0.00204 e. The minimum Gasteiger partial charge on any atom is -0.316 e. The zero-order valence-corrected chi connectivity index (χ0v) is 6.11. The van der Waals surface area contributed by atoms with Crippen LogP contribution in [0.3, 0.4) is 0 Å². The quantitative estimate of drug-likeness (QED) is 0.558. The number of hydrogen-bond acceptors (Lipinski definition) is 1. The molecule has 2 fully saturated rings. The van der Waals surface area contributed by atoms with Crippen LogP contribution in [0.2, 0.25) is 0 Å². The maximum Gasteiger partial charge on any atom is 0.00204 e. The van der Waals surface area contributed by atoms with E-state index in [2.05, 4.69) is 12.2 Å². The Kier molecular flexibility index (Phi) is 1.10. The van der Waals surface area contributed by atoms with E-state index in [-0.39, 0.29) is 0 Å². The standard InChI is InChI=1S/C8H15N/c1-2-7-3-8(4-7)5-9-6-8/h7,9H,2-6H2,1H3. The summed E-state index contributed by atoms with van der Waals surface area (Å²) >= 11 is 0. The van der Waals surface area contributed by atoms with E-state index in [1.165, 1.54) is 32.4 Å². The van der Waals surface area contributed by atoms with Crippen LogP contribution in [-0.2, 0) is 0 Å². The Labute approximate surface area is 56.8 Å². The summed E-state index contributed by atoms with van der Waals surface area (Å²) in [5, 5.41) is 3.35. The third-order valence-electron chi connectivity index (χ3n) is 3.02. The first-order valence-electron chi connectivity index (χ1n) is 4.05. The van der Waals surface area contributed by atoms with Gasteiger partial charge in [0.2, 0.25) is 0 Å². The van der Waals surface area contributed by atoms with Gasteiger partial charge in [-0.25, -0.2) is 0 Å². The molecule has 1 saturated heterocycles. The molecule has 0 amide bonds. The molecule has 0 bridgehead atoms. The van der Waals surface area contributed by atoms with Crippen molar-refractivity contribution in [2.24, 2.45) is 11.3 Å². The first kappa shape index (κ1) is 5.72. The zero-order chi connectivity index (χ0) is 6.32. The lowest BCUT2D eigenvalue weighted by molar-refractivity contribution is -0.000973. The van der Waals surface area contributed by atoms with E-state index in [4.69, 9.17) is 0 Å². The van der Waals surface area contributed by atoms with Gasteiger partial charge in [0, 0.05) is 13.1 Å². The molecule has 52 valence electrons. The molecule has 0 unspecified atom stereocenters. The fourth-order valence-corrected chi connectivity index (χ4v) is 2.22. The number of rotatable bonds is 1. The van der Waals surface area contributed by atoms with Crippen LogP contribution < -0.4 is 5.32 Å². The average Bonchev–Trinajstić information content (AvgIpc) is 1.59. The maximum atomic E-state index is 3.35. The number of nitrogens with one attached hydrogen (secondary N) is 1. The Morgan fingerprint density at radius 3 is 2.44 bits per heavy atom. The van der Waals surface area contributed by atoms with E-state index in [0.29, 0.717) is 0 Å². The molecule has 0 radical (unpaired) electrons. The van der Waals surface area contributed by atoms with Crippen molar-refractivity contribution < 1.29 is 0 Å². The summed E-state index contributed by atoms with van der Waals surface area (Å²) in [4.78, 5) is 0. The van der Waals surface area contributed by atoms with Gasteiger partial charge in [-0.15, -0.1) is 0 Å². The topological polar surface area (TPSA) is 12.0 Å². The molecule has 1 saturated carbocycles. The molecule has 1 aliphatic carbocycles. The molecule has 2 rings (SSSR count). The molecule has 9 heavy (non-hydrogen) atoms. The van der Waals surface area contributed by atoms with Gasteiger partial charge in [-0.05, 0) is 24.2 Å². The average molecular weight is 125 g/mol. The third-order valence-corrected chi connectivity index (χ3v) is 3.02. The number of hydrogen-bond donors (Lipinski definition) is 1. The SMILES string of the molecule is CCC1CC2(CNC2)C1. The molecule has 1 nitrogen and oxygen atoms in total. The fourth-order valence-electron chi connectivity index (χ4n) is 2.22. The minimum absolute atomic E-state index is 0.806. The maximum absolute atomic E-state index is 3.35. The van der Waals surface area contributed by atoms with Gasteiger partial charge >= 0.3 is 0 Å². The van der Waals surface area contributed by atoms with Crippen molar-refractivity contribution in [2.45, 2.75) is 26.2 Å². The van der Waals surface area contributed by atoms with Gasteiger partial charge in [0.15, 0.2) is 0 Å². The lowest BCUT2D eigenvalue weighted by Gasteiger charge is -2.54. The van der Waals surface area contributed by atoms with E-state index in [9.17, 15) is 0 Å². The van der Waals surface area contributed by atoms with Gasteiger partial charge in [-0.3, -0.25) is 0 Å². The van der Waals surface area contributed by atoms with Crippen molar-refractivity contribution in [2.75, 3.05) is 13.1 Å². The lowest BCUT2D eigenvalue weighted by atomic mass is 9.58. The van der Waals surface area contributed by atoms with E-state index in [1.54, 1.807) is 0 Å². The molecule has 0 atom stereocenters. The first-order valence-corrected chi connectivity index (χ1v) is 4.05. The highest BCUT2D eigenvalue weighted by molar-refractivity contribution is 5.01. The van der Waals surface area contributed by atoms with Crippen molar-refractivity contribution in [3.8, 4) is 0 Å². The molecule has 0 aromatic rings. The molecular weight excluding hydrogens is 110 g/mol. The van der Waals surface area contributed by atoms with Crippen LogP contribution in [0, 0.1) is 11.3 Å². The largest absolute Gasteiger partial charge is 0.316 e. The second kappa shape index (κ2) is 1.72. The molecule has 0 aromatic heterocycles. The van der Waals surface area contributed by atoms with Crippen LogP contribution in [0.5, 0.6) is 0 Å². The predicted octanol–water partition coefficient (Wildman–Crippen LogP) is 1.40. The Balaban J connectivity index is 1.82. The van der Waals surface area contributed by atoms with Gasteiger partial charge in [0.05, 0.1) is 0 Å². The predicted molar refractivity (Wildman–Crippen MR) is 38.3 cm³/mol. The molecular formula is C8H15N. The van der Waals surface area contributed by atoms with Crippen molar-refractivity contribution in [1.29, 1.82) is 0 Å². The second-order valence-electron chi connectivity index (χ2n) is 3.79. The zero-order valence-electron chi connectivity index (χ0n) is 6.11. The minimum atomic E-state index is 0.806. The molecule has 0 aromatic carbocycles. The van der Waals surface area contributed by atoms with Crippen molar-refractivity contribution in [1.82, 2.24) is 5.32 Å². The highest BCUT2D eigenvalue weighted by Crippen LogP contribution is 2.49. The normalized spacial score (nSPS) is 31.7. The van der Waals surface area contributed by atoms with Crippen LogP contribution in [-0.4, -0.2) is 13.1 Å². The molecule has 1 N–H and O–H groups in total. The Morgan fingerprint density at radius 1 is 1.44 bits per heavy atom. The summed E-state index contributed by atoms with van der Waals surface area (Å²) < 4.78 is 0. The van der Waals surface area contributed by atoms with E-state index in [1.807, 2.05) is 0 Å². The van der Waals surface area contributed by atoms with Crippen LogP contribution in [0.25, 0.3) is 0 Å². The summed E-state index contributed by atoms with van der Waals surface area (Å²) in [5.74, 6) is 1.08. The Hall–Kier alpha value is -0.0400. The van der Waals surface area contributed by atoms with Gasteiger partial charge < -0.3 is 5.32 Å². The Morgan fingerprint density at radius 2 is 2.11 bits per heavy atom. The summed E-state index contributed by atoms with van der Waals surface area (Å²) in [7, 11) is 0. The second-order valence-corrected chi connectivity index (χ2v) is 3.79. The van der Waals surface area contributed by atoms with Crippen LogP contribution in [0.4, 0.5) is 0 Å². The van der Waals surface area contributed by atoms with E-state index < -0.39 is 0 Å². The van der Waals surface area contributed by atoms with E-state index in [0.717, 1.165) is 11.3 Å². The third kappa shape index (κ3) is 0.710. The van der Waals surface area contributed by atoms with Crippen molar-refractivity contribution in [3.05, 3.63) is 0 Å². The summed E-state index contributed by atoms with van der Waals surface area (Å²) in [6, 6.07) is 0. The van der Waals surface area contributed by atoms with Gasteiger partial charge in [-0.1, -0.05) is 13.3 Å². The molecule has 1 heteroatoms. The van der Waals surface area contributed by atoms with E-state index >= 15 is 0 Å². The van der Waals surface area contributed by atoms with Gasteiger partial charge in [0.25, 0.3) is 0 Å². The van der Waals surface area contributed by atoms with Crippen LogP contribution in [0.15, 0.2) is 0 Å². The fraction of sp³-hybridized carbons (Fsp3) is 1.00. The van der Waals surface area contributed by atoms with Gasteiger partial charge in [0.1, 0.15) is 0 Å². The van der Waals surface area contributed by atoms with Crippen LogP contribution >= 0.6 is 0 Å². The van der Waals surface area contributed by atoms with Crippen molar-refractivity contribution in [3.63, 3.8) is 0 Å². The highest BCUT2D eigenvalue weighted by atomic mass is 15.0. The van der Waals surface area contributed by atoms with Gasteiger partial charge in [-0.2, -0.15) is 0 Å².